The molecule has 0 saturated carbocycles. The number of benzene rings is 8. The molecule has 8 N–H and O–H groups in total. The van der Waals surface area contributed by atoms with Gasteiger partial charge in [0.15, 0.2) is 46.0 Å². The maximum atomic E-state index is 15.3. The minimum atomic E-state index is -1.95. The molecule has 2 fully saturated rings. The van der Waals surface area contributed by atoms with E-state index in [1.807, 2.05) is 0 Å². The van der Waals surface area contributed by atoms with Crippen LogP contribution in [0.3, 0.4) is 0 Å². The van der Waals surface area contributed by atoms with Crippen LogP contribution in [0.25, 0.3) is 0 Å². The topological polar surface area (TPSA) is 501 Å². The van der Waals surface area contributed by atoms with Gasteiger partial charge in [-0.25, -0.2) is 48.4 Å². The number of nitrogens with zero attached hydrogens (tertiary/aromatic N) is 8. The number of anilines is 4. The van der Waals surface area contributed by atoms with Gasteiger partial charge in [-0.2, -0.15) is 0 Å². The Morgan fingerprint density at radius 1 is 0.288 bits per heavy atom. The lowest BCUT2D eigenvalue weighted by atomic mass is 10.1. The maximum absolute atomic E-state index is 15.3. The molecule has 0 aromatic heterocycles. The van der Waals surface area contributed by atoms with Gasteiger partial charge in [0.1, 0.15) is 63.2 Å². The quantitative estimate of drug-likeness (QED) is 0.0195. The van der Waals surface area contributed by atoms with Crippen molar-refractivity contribution < 1.29 is 146 Å². The average molecular weight is 1620 g/mol. The number of phenols is 4. The number of amides is 12. The fraction of sp³-hybridized carbons (Fsp3) is 0.225. The number of esters is 4. The summed E-state index contributed by atoms with van der Waals surface area (Å²) in [5, 5.41) is 89.3. The van der Waals surface area contributed by atoms with Gasteiger partial charge in [-0.15, -0.1) is 0 Å². The highest BCUT2D eigenvalue weighted by atomic mass is 16.6. The van der Waals surface area contributed by atoms with Crippen molar-refractivity contribution in [3.05, 3.63) is 212 Å². The maximum Gasteiger partial charge on any atom is 0.338 e. The number of aromatic hydroxyl groups is 4. The summed E-state index contributed by atoms with van der Waals surface area (Å²) in [6.07, 6.45) is -11.4. The van der Waals surface area contributed by atoms with Gasteiger partial charge in [0, 0.05) is 24.3 Å². The van der Waals surface area contributed by atoms with Crippen LogP contribution in [0.15, 0.2) is 146 Å². The van der Waals surface area contributed by atoms with Gasteiger partial charge in [-0.3, -0.25) is 58.0 Å². The van der Waals surface area contributed by atoms with Gasteiger partial charge in [0.25, 0.3) is 47.3 Å². The van der Waals surface area contributed by atoms with Crippen LogP contribution in [0.4, 0.5) is 32.3 Å². The van der Waals surface area contributed by atoms with Crippen molar-refractivity contribution in [2.24, 2.45) is 0 Å². The molecule has 38 heteroatoms. The first kappa shape index (κ1) is 79.6. The molecular formula is C80H66N8O30. The summed E-state index contributed by atoms with van der Waals surface area (Å²) in [5.74, 6) is -13.1. The number of urea groups is 2. The van der Waals surface area contributed by atoms with Crippen LogP contribution in [0.5, 0.6) is 46.0 Å². The van der Waals surface area contributed by atoms with Crippen LogP contribution in [-0.2, 0) is 18.9 Å². The summed E-state index contributed by atoms with van der Waals surface area (Å²) in [6, 6.07) is 26.1. The lowest BCUT2D eigenvalue weighted by Gasteiger charge is -2.32. The number of hydrogen-bond donors (Lipinski definition) is 8. The summed E-state index contributed by atoms with van der Waals surface area (Å²) in [6.45, 7) is -7.56. The highest BCUT2D eigenvalue weighted by Crippen LogP contribution is 2.42. The summed E-state index contributed by atoms with van der Waals surface area (Å²) in [4.78, 5) is 202. The van der Waals surface area contributed by atoms with E-state index in [1.165, 1.54) is 77.0 Å². The van der Waals surface area contributed by atoms with Crippen LogP contribution < -0.4 is 38.5 Å². The number of hydrogen-bond acceptors (Lipinski definition) is 30. The van der Waals surface area contributed by atoms with Gasteiger partial charge in [-0.1, -0.05) is 0 Å². The molecule has 38 nitrogen and oxygen atoms in total. The molecule has 8 aromatic rings. The number of carbonyl (C=O) groups excluding carboxylic acids is 14. The van der Waals surface area contributed by atoms with E-state index in [2.05, 4.69) is 0 Å². The highest BCUT2D eigenvalue weighted by Gasteiger charge is 2.60. The van der Waals surface area contributed by atoms with Crippen molar-refractivity contribution in [1.82, 2.24) is 19.6 Å². The number of imide groups is 4. The van der Waals surface area contributed by atoms with Crippen LogP contribution in [0.2, 0.25) is 0 Å². The first-order valence-electron chi connectivity index (χ1n) is 35.6. The van der Waals surface area contributed by atoms with Gasteiger partial charge in [-0.05, 0) is 121 Å². The molecule has 0 radical (unpaired) electrons. The van der Waals surface area contributed by atoms with E-state index in [1.54, 1.807) is 0 Å². The third kappa shape index (κ3) is 14.4. The molecule has 606 valence electrons. The molecule has 118 heavy (non-hydrogen) atoms. The van der Waals surface area contributed by atoms with E-state index in [-0.39, 0.29) is 113 Å². The van der Waals surface area contributed by atoms with Crippen LogP contribution >= 0.6 is 0 Å². The predicted molar refractivity (Wildman–Crippen MR) is 399 cm³/mol. The molecule has 12 amide bonds. The smallest absolute Gasteiger partial charge is 0.338 e. The number of rotatable bonds is 28. The average Bonchev–Trinajstić information content (AvgIpc) is 1.57. The Kier molecular flexibility index (Phi) is 21.4. The van der Waals surface area contributed by atoms with Crippen LogP contribution in [0, 0.1) is 0 Å². The van der Waals surface area contributed by atoms with E-state index in [4.69, 9.17) is 37.9 Å². The molecule has 0 spiro atoms. The summed E-state index contributed by atoms with van der Waals surface area (Å²) in [5.41, 5.74) is -3.06. The normalized spacial score (nSPS) is 16.9. The summed E-state index contributed by atoms with van der Waals surface area (Å²) < 4.78 is 42.2. The van der Waals surface area contributed by atoms with Crippen LogP contribution in [-0.4, -0.2) is 261 Å². The number of methoxy groups -OCH3 is 4. The summed E-state index contributed by atoms with van der Waals surface area (Å²) in [7, 11) is 5.14. The second-order valence-electron chi connectivity index (χ2n) is 27.3. The zero-order chi connectivity index (χ0) is 84.3. The molecule has 0 aliphatic carbocycles. The van der Waals surface area contributed by atoms with E-state index in [9.17, 15) is 98.4 Å². The second kappa shape index (κ2) is 31.7. The van der Waals surface area contributed by atoms with Crippen molar-refractivity contribution in [2.75, 3.05) is 101 Å². The Bertz CT molecular complexity index is 4980. The van der Waals surface area contributed by atoms with Gasteiger partial charge < -0.3 is 78.7 Å². The highest BCUT2D eigenvalue weighted by molar-refractivity contribution is 6.37. The molecule has 8 aromatic carbocycles. The SMILES string of the molecule is COc1ccc(N2C(=O)c3ccc(C(=O)OCC(O)CN4C(=O)N(CC(O)COC(=O)c5ccc6c(c5)C(=O)N(c5ccc(OC)c(O)c5)C6=O)C5C4N(CC(O)COC(=O)c4ccc6c(c4)C(=O)N(c4ccc(OC)c(O)c4)C6=O)C(=O)N5CC(O)COC(=O)c4ccc5c(c4)C(=O)N(c4ccc(OC)c(O)c4)C5=O)cc3C2=O)cc1O. The monoisotopic (exact) mass is 1620 g/mol. The number of ether oxygens (including phenoxy) is 8. The largest absolute Gasteiger partial charge is 0.504 e. The molecule has 6 aliphatic heterocycles. The van der Waals surface area contributed by atoms with E-state index in [0.29, 0.717) is 0 Å². The first-order chi connectivity index (χ1) is 56.4. The molecule has 6 aliphatic rings. The number of fused-ring (bicyclic) bond motifs is 5. The fourth-order valence-corrected chi connectivity index (χ4v) is 14.3. The first-order valence-corrected chi connectivity index (χ1v) is 35.6. The Morgan fingerprint density at radius 2 is 0.483 bits per heavy atom. The van der Waals surface area contributed by atoms with E-state index >= 15 is 9.59 Å². The van der Waals surface area contributed by atoms with Crippen molar-refractivity contribution in [1.29, 1.82) is 0 Å². The Hall–Kier alpha value is -15.0. The number of carbonyl (C=O) groups is 14. The van der Waals surface area contributed by atoms with Crippen molar-refractivity contribution in [3.8, 4) is 46.0 Å². The van der Waals surface area contributed by atoms with E-state index in [0.717, 1.165) is 136 Å². The number of phenolic OH excluding ortho intramolecular Hbond substituents is 4. The second-order valence-corrected chi connectivity index (χ2v) is 27.3. The lowest BCUT2D eigenvalue weighted by molar-refractivity contribution is -0.00440. The van der Waals surface area contributed by atoms with Gasteiger partial charge >= 0.3 is 35.9 Å². The van der Waals surface area contributed by atoms with Crippen molar-refractivity contribution >= 4 is 106 Å². The number of aliphatic hydroxyl groups is 4. The van der Waals surface area contributed by atoms with Gasteiger partial charge in [0.2, 0.25) is 0 Å². The Balaban J connectivity index is 0.726. The minimum absolute atomic E-state index is 0.0358. The lowest BCUT2D eigenvalue weighted by Crippen LogP contribution is -2.52. The molecule has 6 heterocycles. The zero-order valence-corrected chi connectivity index (χ0v) is 62.1. The van der Waals surface area contributed by atoms with Crippen LogP contribution in [0.1, 0.15) is 124 Å². The number of β-amino-alcohol motifs (C(OH)–C–C–N with tert-alkyl or cyclic N) is 4. The third-order valence-corrected chi connectivity index (χ3v) is 20.0. The van der Waals surface area contributed by atoms with Gasteiger partial charge in [0.05, 0.1) is 144 Å². The van der Waals surface area contributed by atoms with Crippen molar-refractivity contribution in [3.63, 3.8) is 0 Å². The third-order valence-electron chi connectivity index (χ3n) is 20.0. The standard InChI is InChI=1S/C80H66N8O30/c1-111-61-17-9-41(25-57(61)93)85-67(97)49-13-5-37(21-53(49)71(85)101)75(105)115-33-45(89)29-81-65-66(83(79(81)109)31-47(91)35-117-77(107)39-7-15-51-55(23-39)73(103)87(69(51)99)43-11-19-63(113-3)59(95)27-43)84(32-48(92)36-118-78(108)40-8-16-52-56(24-40)74(104)88(70(52)100)44-12-20-64(114-4)60(96)28-44)80(110)82(65)30-46(90)34-116-76(106)38-6-14-50-54(22-38)72(102)86(68(50)98)42-10-18-62(112-2)58(94)26-42/h5-28,45-48,65-66,89-96H,29-36H2,1-4H3. The minimum Gasteiger partial charge on any atom is -0.504 e. The molecular weight excluding hydrogens is 1550 g/mol. The Morgan fingerprint density at radius 3 is 0.669 bits per heavy atom. The van der Waals surface area contributed by atoms with E-state index < -0.39 is 196 Å². The zero-order valence-electron chi connectivity index (χ0n) is 62.1. The molecule has 4 atom stereocenters. The molecule has 2 saturated heterocycles. The predicted octanol–water partition coefficient (Wildman–Crippen LogP) is 4.04. The van der Waals surface area contributed by atoms with Crippen molar-refractivity contribution in [2.45, 2.75) is 36.7 Å². The number of aliphatic hydroxyl groups excluding tert-OH is 4. The fourth-order valence-electron chi connectivity index (χ4n) is 14.3. The molecule has 0 bridgehead atoms. The Labute approximate surface area is 664 Å². The molecule has 14 rings (SSSR count). The molecule has 4 unspecified atom stereocenters. The summed E-state index contributed by atoms with van der Waals surface area (Å²) >= 11 is 0.